The number of carbonyl (C=O) groups is 1. The maximum absolute atomic E-state index is 13.0. The lowest BCUT2D eigenvalue weighted by atomic mass is 9.87. The SMILES string of the molecule is N#Cc1cccc(CNC(=O)C2c3ccccc3Oc3ccccc32)c1. The molecule has 0 saturated heterocycles. The lowest BCUT2D eigenvalue weighted by molar-refractivity contribution is -0.122. The molecule has 0 spiro atoms. The molecule has 1 N–H and O–H groups in total. The average molecular weight is 340 g/mol. The van der Waals surface area contributed by atoms with Crippen LogP contribution in [0.4, 0.5) is 0 Å². The zero-order chi connectivity index (χ0) is 17.9. The first kappa shape index (κ1) is 15.9. The van der Waals surface area contributed by atoms with Crippen molar-refractivity contribution in [3.63, 3.8) is 0 Å². The number of benzene rings is 3. The number of nitrogens with zero attached hydrogens (tertiary/aromatic N) is 1. The molecule has 3 aromatic carbocycles. The molecule has 0 atom stereocenters. The molecule has 126 valence electrons. The molecule has 0 radical (unpaired) electrons. The van der Waals surface area contributed by atoms with Gasteiger partial charge in [-0.2, -0.15) is 5.26 Å². The molecule has 0 aromatic heterocycles. The first-order valence-corrected chi connectivity index (χ1v) is 8.39. The van der Waals surface area contributed by atoms with E-state index in [1.54, 1.807) is 12.1 Å². The average Bonchev–Trinajstić information content (AvgIpc) is 2.70. The van der Waals surface area contributed by atoms with Crippen LogP contribution in [0, 0.1) is 11.3 Å². The van der Waals surface area contributed by atoms with E-state index in [1.165, 1.54) is 0 Å². The first-order valence-electron chi connectivity index (χ1n) is 8.39. The largest absolute Gasteiger partial charge is 0.457 e. The molecule has 4 heteroatoms. The highest BCUT2D eigenvalue weighted by atomic mass is 16.5. The van der Waals surface area contributed by atoms with Crippen LogP contribution in [0.2, 0.25) is 0 Å². The van der Waals surface area contributed by atoms with Crippen LogP contribution in [-0.2, 0) is 11.3 Å². The van der Waals surface area contributed by atoms with Crippen LogP contribution < -0.4 is 10.1 Å². The van der Waals surface area contributed by atoms with Crippen LogP contribution in [-0.4, -0.2) is 5.91 Å². The quantitative estimate of drug-likeness (QED) is 0.780. The van der Waals surface area contributed by atoms with Crippen molar-refractivity contribution in [1.29, 1.82) is 5.26 Å². The summed E-state index contributed by atoms with van der Waals surface area (Å²) in [5.41, 5.74) is 3.19. The molecule has 0 unspecified atom stereocenters. The molecule has 0 aliphatic carbocycles. The number of carbonyl (C=O) groups excluding carboxylic acids is 1. The Hall–Kier alpha value is -3.58. The standard InChI is InChI=1S/C22H16N2O2/c23-13-15-6-5-7-16(12-15)14-24-22(25)21-17-8-1-3-10-19(17)26-20-11-4-2-9-18(20)21/h1-12,21H,14H2,(H,24,25). The number of hydrogen-bond donors (Lipinski definition) is 1. The first-order chi connectivity index (χ1) is 12.8. The molecule has 0 fully saturated rings. The number of nitriles is 1. The highest BCUT2D eigenvalue weighted by molar-refractivity contribution is 5.89. The third-order valence-electron chi connectivity index (χ3n) is 4.46. The Balaban J connectivity index is 1.62. The Morgan fingerprint density at radius 3 is 2.27 bits per heavy atom. The van der Waals surface area contributed by atoms with Gasteiger partial charge in [0.05, 0.1) is 17.6 Å². The summed E-state index contributed by atoms with van der Waals surface area (Å²) in [5.74, 6) is 0.904. The van der Waals surface area contributed by atoms with Gasteiger partial charge in [0.2, 0.25) is 5.91 Å². The summed E-state index contributed by atoms with van der Waals surface area (Å²) in [4.78, 5) is 13.0. The van der Waals surface area contributed by atoms with Crippen LogP contribution in [0.1, 0.15) is 28.2 Å². The van der Waals surface area contributed by atoms with Crippen molar-refractivity contribution in [3.8, 4) is 17.6 Å². The monoisotopic (exact) mass is 340 g/mol. The second-order valence-electron chi connectivity index (χ2n) is 6.14. The van der Waals surface area contributed by atoms with Crippen LogP contribution in [0.15, 0.2) is 72.8 Å². The predicted octanol–water partition coefficient (Wildman–Crippen LogP) is 4.11. The van der Waals surface area contributed by atoms with Gasteiger partial charge in [-0.15, -0.1) is 0 Å². The number of rotatable bonds is 3. The summed E-state index contributed by atoms with van der Waals surface area (Å²) in [6.45, 7) is 0.371. The van der Waals surface area contributed by atoms with Gasteiger partial charge in [0.1, 0.15) is 11.5 Å². The fraction of sp³-hybridized carbons (Fsp3) is 0.0909. The zero-order valence-corrected chi connectivity index (χ0v) is 14.0. The molecular weight excluding hydrogens is 324 g/mol. The summed E-state index contributed by atoms with van der Waals surface area (Å²) >= 11 is 0. The second kappa shape index (κ2) is 6.73. The molecule has 0 bridgehead atoms. The van der Waals surface area contributed by atoms with Gasteiger partial charge in [-0.3, -0.25) is 4.79 Å². The van der Waals surface area contributed by atoms with Gasteiger partial charge in [0, 0.05) is 17.7 Å². The molecular formula is C22H16N2O2. The van der Waals surface area contributed by atoms with E-state index < -0.39 is 5.92 Å². The van der Waals surface area contributed by atoms with Crippen molar-refractivity contribution in [1.82, 2.24) is 5.32 Å². The summed E-state index contributed by atoms with van der Waals surface area (Å²) < 4.78 is 5.93. The molecule has 1 aliphatic heterocycles. The van der Waals surface area contributed by atoms with E-state index in [1.807, 2.05) is 60.7 Å². The molecule has 0 saturated carbocycles. The van der Waals surface area contributed by atoms with Crippen molar-refractivity contribution in [2.45, 2.75) is 12.5 Å². The van der Waals surface area contributed by atoms with Crippen molar-refractivity contribution in [2.75, 3.05) is 0 Å². The van der Waals surface area contributed by atoms with Gasteiger partial charge < -0.3 is 10.1 Å². The third kappa shape index (κ3) is 2.91. The number of ether oxygens (including phenoxy) is 1. The van der Waals surface area contributed by atoms with Gasteiger partial charge >= 0.3 is 0 Å². The van der Waals surface area contributed by atoms with Crippen LogP contribution in [0.25, 0.3) is 0 Å². The van der Waals surface area contributed by atoms with Gasteiger partial charge in [-0.05, 0) is 29.8 Å². The summed E-state index contributed by atoms with van der Waals surface area (Å²) in [7, 11) is 0. The van der Waals surface area contributed by atoms with Crippen molar-refractivity contribution < 1.29 is 9.53 Å². The van der Waals surface area contributed by atoms with E-state index in [9.17, 15) is 4.79 Å². The normalized spacial score (nSPS) is 12.3. The maximum Gasteiger partial charge on any atom is 0.232 e. The van der Waals surface area contributed by atoms with Crippen LogP contribution in [0.3, 0.4) is 0 Å². The highest BCUT2D eigenvalue weighted by Crippen LogP contribution is 2.43. The Bertz CT molecular complexity index is 975. The van der Waals surface area contributed by atoms with Crippen molar-refractivity contribution in [2.24, 2.45) is 0 Å². The highest BCUT2D eigenvalue weighted by Gasteiger charge is 2.32. The van der Waals surface area contributed by atoms with Gasteiger partial charge in [-0.25, -0.2) is 0 Å². The third-order valence-corrected chi connectivity index (χ3v) is 4.46. The minimum absolute atomic E-state index is 0.0874. The van der Waals surface area contributed by atoms with Crippen molar-refractivity contribution >= 4 is 5.91 Å². The molecule has 1 heterocycles. The van der Waals surface area contributed by atoms with E-state index in [0.29, 0.717) is 23.6 Å². The summed E-state index contributed by atoms with van der Waals surface area (Å²) in [6, 6.07) is 24.6. The fourth-order valence-corrected chi connectivity index (χ4v) is 3.23. The summed E-state index contributed by atoms with van der Waals surface area (Å²) in [6.07, 6.45) is 0. The number of nitrogens with one attached hydrogen (secondary N) is 1. The Morgan fingerprint density at radius 2 is 1.62 bits per heavy atom. The van der Waals surface area contributed by atoms with E-state index >= 15 is 0 Å². The Morgan fingerprint density at radius 1 is 0.962 bits per heavy atom. The van der Waals surface area contributed by atoms with Gasteiger partial charge in [-0.1, -0.05) is 48.5 Å². The maximum atomic E-state index is 13.0. The molecule has 4 nitrogen and oxygen atoms in total. The molecule has 26 heavy (non-hydrogen) atoms. The number of fused-ring (bicyclic) bond motifs is 2. The topological polar surface area (TPSA) is 62.1 Å². The molecule has 1 aliphatic rings. The lowest BCUT2D eigenvalue weighted by Gasteiger charge is -2.27. The minimum atomic E-state index is -0.421. The lowest BCUT2D eigenvalue weighted by Crippen LogP contribution is -2.31. The number of hydrogen-bond acceptors (Lipinski definition) is 3. The smallest absolute Gasteiger partial charge is 0.232 e. The second-order valence-corrected chi connectivity index (χ2v) is 6.14. The van der Waals surface area contributed by atoms with E-state index in [2.05, 4.69) is 11.4 Å². The molecule has 4 rings (SSSR count). The predicted molar refractivity (Wildman–Crippen MR) is 97.8 cm³/mol. The Labute approximate surface area is 151 Å². The van der Waals surface area contributed by atoms with Crippen molar-refractivity contribution in [3.05, 3.63) is 95.1 Å². The van der Waals surface area contributed by atoms with Crippen LogP contribution in [0.5, 0.6) is 11.5 Å². The molecule has 3 aromatic rings. The van der Waals surface area contributed by atoms with E-state index in [4.69, 9.17) is 10.00 Å². The molecule has 1 amide bonds. The van der Waals surface area contributed by atoms with Gasteiger partial charge in [0.15, 0.2) is 0 Å². The minimum Gasteiger partial charge on any atom is -0.457 e. The van der Waals surface area contributed by atoms with E-state index in [0.717, 1.165) is 16.7 Å². The zero-order valence-electron chi connectivity index (χ0n) is 14.0. The van der Waals surface area contributed by atoms with Gasteiger partial charge in [0.25, 0.3) is 0 Å². The number of amides is 1. The van der Waals surface area contributed by atoms with Crippen LogP contribution >= 0.6 is 0 Å². The summed E-state index contributed by atoms with van der Waals surface area (Å²) in [5, 5.41) is 12.0. The number of para-hydroxylation sites is 2. The Kier molecular flexibility index (Phi) is 4.12. The fourth-order valence-electron chi connectivity index (χ4n) is 3.23. The van der Waals surface area contributed by atoms with E-state index in [-0.39, 0.29) is 5.91 Å².